The van der Waals surface area contributed by atoms with Crippen molar-refractivity contribution in [2.24, 2.45) is 0 Å². The molecule has 0 aliphatic heterocycles. The van der Waals surface area contributed by atoms with Crippen LogP contribution in [0.5, 0.6) is 0 Å². The molecule has 2 aromatic rings. The molecule has 104 valence electrons. The van der Waals surface area contributed by atoms with Crippen LogP contribution in [-0.4, -0.2) is 25.0 Å². The lowest BCUT2D eigenvalue weighted by atomic mass is 10.2. The van der Waals surface area contributed by atoms with Crippen molar-refractivity contribution in [3.8, 4) is 0 Å². The molecule has 1 aromatic carbocycles. The number of rotatable bonds is 3. The van der Waals surface area contributed by atoms with E-state index in [4.69, 9.17) is 23.2 Å². The lowest BCUT2D eigenvalue weighted by Gasteiger charge is -2.15. The molecule has 1 aromatic heterocycles. The van der Waals surface area contributed by atoms with Crippen LogP contribution < -0.4 is 10.2 Å². The summed E-state index contributed by atoms with van der Waals surface area (Å²) >= 11 is 11.8. The fraction of sp³-hybridized carbons (Fsp3) is 0.143. The van der Waals surface area contributed by atoms with Crippen LogP contribution in [0.4, 0.5) is 11.4 Å². The summed E-state index contributed by atoms with van der Waals surface area (Å²) in [5.74, 6) is -0.261. The molecule has 0 spiro atoms. The van der Waals surface area contributed by atoms with Gasteiger partial charge in [0.15, 0.2) is 0 Å². The van der Waals surface area contributed by atoms with Gasteiger partial charge in [0.2, 0.25) is 0 Å². The minimum Gasteiger partial charge on any atom is -0.376 e. The van der Waals surface area contributed by atoms with Crippen LogP contribution in [0.25, 0.3) is 0 Å². The molecule has 0 saturated carbocycles. The first-order chi connectivity index (χ1) is 9.47. The Morgan fingerprint density at radius 1 is 1.20 bits per heavy atom. The number of hydrogen-bond acceptors (Lipinski definition) is 3. The Morgan fingerprint density at radius 2 is 1.95 bits per heavy atom. The molecule has 4 nitrogen and oxygen atoms in total. The molecular formula is C14H13Cl2N3O. The van der Waals surface area contributed by atoms with Gasteiger partial charge in [0.05, 0.1) is 16.3 Å². The standard InChI is InChI=1S/C14H13Cl2N3O/c1-19(2)12-5-4-10(7-11(12)15)18-14(20)9-3-6-13(16)17-8-9/h3-8H,1-2H3,(H,18,20). The average Bonchev–Trinajstić information content (AvgIpc) is 2.39. The molecule has 0 radical (unpaired) electrons. The molecule has 20 heavy (non-hydrogen) atoms. The Hall–Kier alpha value is -1.78. The van der Waals surface area contributed by atoms with Crippen LogP contribution in [0.2, 0.25) is 10.2 Å². The quantitative estimate of drug-likeness (QED) is 0.879. The zero-order chi connectivity index (χ0) is 14.7. The molecular weight excluding hydrogens is 297 g/mol. The molecule has 0 fully saturated rings. The highest BCUT2D eigenvalue weighted by Gasteiger charge is 2.09. The summed E-state index contributed by atoms with van der Waals surface area (Å²) in [6, 6.07) is 8.53. The van der Waals surface area contributed by atoms with Crippen molar-refractivity contribution in [2.75, 3.05) is 24.3 Å². The number of carbonyl (C=O) groups excluding carboxylic acids is 1. The van der Waals surface area contributed by atoms with Crippen LogP contribution in [0, 0.1) is 0 Å². The second-order valence-corrected chi connectivity index (χ2v) is 5.18. The minimum atomic E-state index is -0.261. The van der Waals surface area contributed by atoms with Crippen molar-refractivity contribution >= 4 is 40.5 Å². The minimum absolute atomic E-state index is 0.261. The van der Waals surface area contributed by atoms with E-state index in [0.717, 1.165) is 5.69 Å². The van der Waals surface area contributed by atoms with Gasteiger partial charge < -0.3 is 10.2 Å². The Kier molecular flexibility index (Phi) is 4.47. The summed E-state index contributed by atoms with van der Waals surface area (Å²) in [6.07, 6.45) is 1.42. The Balaban J connectivity index is 2.16. The first kappa shape index (κ1) is 14.6. The number of aromatic nitrogens is 1. The van der Waals surface area contributed by atoms with Crippen LogP contribution >= 0.6 is 23.2 Å². The van der Waals surface area contributed by atoms with Gasteiger partial charge >= 0.3 is 0 Å². The SMILES string of the molecule is CN(C)c1ccc(NC(=O)c2ccc(Cl)nc2)cc1Cl. The number of hydrogen-bond donors (Lipinski definition) is 1. The number of carbonyl (C=O) groups is 1. The highest BCUT2D eigenvalue weighted by molar-refractivity contribution is 6.33. The van der Waals surface area contributed by atoms with Crippen molar-refractivity contribution < 1.29 is 4.79 Å². The topological polar surface area (TPSA) is 45.2 Å². The lowest BCUT2D eigenvalue weighted by molar-refractivity contribution is 0.102. The van der Waals surface area contributed by atoms with Crippen LogP contribution in [0.3, 0.4) is 0 Å². The number of nitrogens with one attached hydrogen (secondary N) is 1. The van der Waals surface area contributed by atoms with Crippen molar-refractivity contribution in [3.63, 3.8) is 0 Å². The molecule has 1 heterocycles. The van der Waals surface area contributed by atoms with Gasteiger partial charge in [0.1, 0.15) is 5.15 Å². The largest absolute Gasteiger partial charge is 0.376 e. The van der Waals surface area contributed by atoms with E-state index in [0.29, 0.717) is 21.4 Å². The molecule has 1 N–H and O–H groups in total. The van der Waals surface area contributed by atoms with Crippen LogP contribution in [0.1, 0.15) is 10.4 Å². The van der Waals surface area contributed by atoms with E-state index in [1.165, 1.54) is 6.20 Å². The molecule has 0 atom stereocenters. The highest BCUT2D eigenvalue weighted by atomic mass is 35.5. The fourth-order valence-electron chi connectivity index (χ4n) is 1.66. The van der Waals surface area contributed by atoms with Gasteiger partial charge in [-0.1, -0.05) is 23.2 Å². The zero-order valence-electron chi connectivity index (χ0n) is 11.0. The molecule has 0 aliphatic rings. The third kappa shape index (κ3) is 3.40. The maximum Gasteiger partial charge on any atom is 0.257 e. The summed E-state index contributed by atoms with van der Waals surface area (Å²) in [7, 11) is 3.80. The summed E-state index contributed by atoms with van der Waals surface area (Å²) in [6.45, 7) is 0. The van der Waals surface area contributed by atoms with E-state index in [1.54, 1.807) is 24.3 Å². The monoisotopic (exact) mass is 309 g/mol. The average molecular weight is 310 g/mol. The van der Waals surface area contributed by atoms with Crippen molar-refractivity contribution in [2.45, 2.75) is 0 Å². The Bertz CT molecular complexity index is 627. The normalized spacial score (nSPS) is 10.2. The molecule has 0 unspecified atom stereocenters. The van der Waals surface area contributed by atoms with Gasteiger partial charge in [-0.15, -0.1) is 0 Å². The fourth-order valence-corrected chi connectivity index (χ4v) is 2.12. The van der Waals surface area contributed by atoms with Crippen molar-refractivity contribution in [1.82, 2.24) is 4.98 Å². The van der Waals surface area contributed by atoms with Gasteiger partial charge in [-0.05, 0) is 30.3 Å². The maximum absolute atomic E-state index is 12.0. The number of amides is 1. The number of pyridine rings is 1. The van der Waals surface area contributed by atoms with E-state index in [9.17, 15) is 4.79 Å². The van der Waals surface area contributed by atoms with E-state index in [-0.39, 0.29) is 5.91 Å². The first-order valence-corrected chi connectivity index (χ1v) is 6.63. The Morgan fingerprint density at radius 3 is 2.50 bits per heavy atom. The molecule has 1 amide bonds. The predicted octanol–water partition coefficient (Wildman–Crippen LogP) is 3.71. The third-order valence-electron chi connectivity index (χ3n) is 2.68. The van der Waals surface area contributed by atoms with E-state index >= 15 is 0 Å². The summed E-state index contributed by atoms with van der Waals surface area (Å²) < 4.78 is 0. The Labute approximate surface area is 127 Å². The highest BCUT2D eigenvalue weighted by Crippen LogP contribution is 2.27. The van der Waals surface area contributed by atoms with Gasteiger partial charge in [0.25, 0.3) is 5.91 Å². The smallest absolute Gasteiger partial charge is 0.257 e. The number of halogens is 2. The molecule has 2 rings (SSSR count). The van der Waals surface area contributed by atoms with E-state index in [2.05, 4.69) is 10.3 Å². The second kappa shape index (κ2) is 6.11. The molecule has 0 saturated heterocycles. The van der Waals surface area contributed by atoms with Gasteiger partial charge in [-0.3, -0.25) is 4.79 Å². The van der Waals surface area contributed by atoms with Gasteiger partial charge in [-0.2, -0.15) is 0 Å². The van der Waals surface area contributed by atoms with Crippen LogP contribution in [0.15, 0.2) is 36.5 Å². The number of nitrogens with zero attached hydrogens (tertiary/aromatic N) is 2. The van der Waals surface area contributed by atoms with Gasteiger partial charge in [-0.25, -0.2) is 4.98 Å². The molecule has 0 bridgehead atoms. The van der Waals surface area contributed by atoms with Crippen molar-refractivity contribution in [1.29, 1.82) is 0 Å². The lowest BCUT2D eigenvalue weighted by Crippen LogP contribution is -2.13. The molecule has 6 heteroatoms. The predicted molar refractivity (Wildman–Crippen MR) is 83.0 cm³/mol. The first-order valence-electron chi connectivity index (χ1n) is 5.87. The third-order valence-corrected chi connectivity index (χ3v) is 3.20. The number of anilines is 2. The van der Waals surface area contributed by atoms with Crippen molar-refractivity contribution in [3.05, 3.63) is 52.3 Å². The number of benzene rings is 1. The summed E-state index contributed by atoms with van der Waals surface area (Å²) in [5, 5.41) is 3.68. The maximum atomic E-state index is 12.0. The summed E-state index contributed by atoms with van der Waals surface area (Å²) in [5.41, 5.74) is 1.94. The zero-order valence-corrected chi connectivity index (χ0v) is 12.5. The van der Waals surface area contributed by atoms with Crippen LogP contribution in [-0.2, 0) is 0 Å². The van der Waals surface area contributed by atoms with Gasteiger partial charge in [0, 0.05) is 26.0 Å². The molecule has 0 aliphatic carbocycles. The van der Waals surface area contributed by atoms with E-state index in [1.807, 2.05) is 25.1 Å². The van der Waals surface area contributed by atoms with E-state index < -0.39 is 0 Å². The summed E-state index contributed by atoms with van der Waals surface area (Å²) in [4.78, 5) is 17.8. The second-order valence-electron chi connectivity index (χ2n) is 4.38.